The maximum atomic E-state index is 11.2. The van der Waals surface area contributed by atoms with Gasteiger partial charge in [0.1, 0.15) is 11.5 Å². The number of alkyl halides is 2. The smallest absolute Gasteiger partial charge is 0.147 e. The molecular formula is C12H14Br2O2. The fourth-order valence-corrected chi connectivity index (χ4v) is 1.75. The summed E-state index contributed by atoms with van der Waals surface area (Å²) in [6, 6.07) is 7.59. The second-order valence-corrected chi connectivity index (χ2v) is 5.14. The van der Waals surface area contributed by atoms with E-state index in [9.17, 15) is 4.79 Å². The van der Waals surface area contributed by atoms with Gasteiger partial charge in [-0.1, -0.05) is 44.0 Å². The molecule has 4 heteroatoms. The van der Waals surface area contributed by atoms with Crippen LogP contribution in [0.15, 0.2) is 24.3 Å². The summed E-state index contributed by atoms with van der Waals surface area (Å²) < 4.78 is 5.51. The average molecular weight is 350 g/mol. The molecule has 88 valence electrons. The molecule has 0 aromatic heterocycles. The lowest BCUT2D eigenvalue weighted by Gasteiger charge is -2.08. The molecule has 0 saturated heterocycles. The maximum Gasteiger partial charge on any atom is 0.147 e. The van der Waals surface area contributed by atoms with E-state index in [4.69, 9.17) is 4.74 Å². The van der Waals surface area contributed by atoms with Crippen LogP contribution in [-0.4, -0.2) is 17.7 Å². The van der Waals surface area contributed by atoms with Gasteiger partial charge in [-0.25, -0.2) is 0 Å². The van der Waals surface area contributed by atoms with Crippen molar-refractivity contribution in [2.45, 2.75) is 18.2 Å². The Balaban J connectivity index is 2.57. The third kappa shape index (κ3) is 4.26. The van der Waals surface area contributed by atoms with Gasteiger partial charge in [-0.3, -0.25) is 4.79 Å². The van der Waals surface area contributed by atoms with Crippen molar-refractivity contribution in [1.29, 1.82) is 0 Å². The van der Waals surface area contributed by atoms with Crippen molar-refractivity contribution in [2.75, 3.05) is 11.9 Å². The Bertz CT molecular complexity index is 335. The molecule has 0 N–H and O–H groups in total. The Labute approximate surface area is 113 Å². The lowest BCUT2D eigenvalue weighted by atomic mass is 10.1. The summed E-state index contributed by atoms with van der Waals surface area (Å²) in [4.78, 5) is 10.9. The van der Waals surface area contributed by atoms with Crippen LogP contribution in [0.3, 0.4) is 0 Å². The quantitative estimate of drug-likeness (QED) is 0.575. The minimum atomic E-state index is -0.218. The van der Waals surface area contributed by atoms with Gasteiger partial charge in [0.25, 0.3) is 0 Å². The number of hydrogen-bond donors (Lipinski definition) is 0. The van der Waals surface area contributed by atoms with Gasteiger partial charge in [-0.05, 0) is 31.0 Å². The number of halogens is 2. The molecule has 0 spiro atoms. The first-order valence-electron chi connectivity index (χ1n) is 5.08. The molecule has 1 unspecified atom stereocenters. The predicted molar refractivity (Wildman–Crippen MR) is 72.7 cm³/mol. The van der Waals surface area contributed by atoms with E-state index in [0.717, 1.165) is 23.1 Å². The minimum Gasteiger partial charge on any atom is -0.494 e. The van der Waals surface area contributed by atoms with Crippen LogP contribution in [0, 0.1) is 0 Å². The third-order valence-corrected chi connectivity index (χ3v) is 3.81. The normalized spacial score (nSPS) is 12.2. The van der Waals surface area contributed by atoms with Gasteiger partial charge in [0.15, 0.2) is 0 Å². The SMILES string of the molecule is CC(=O)C(Br)c1ccc(OCCCBr)cc1. The molecule has 1 rings (SSSR count). The third-order valence-electron chi connectivity index (χ3n) is 2.08. The summed E-state index contributed by atoms with van der Waals surface area (Å²) in [5.74, 6) is 0.945. The number of hydrogen-bond acceptors (Lipinski definition) is 2. The van der Waals surface area contributed by atoms with Crippen molar-refractivity contribution < 1.29 is 9.53 Å². The first kappa shape index (κ1) is 13.7. The van der Waals surface area contributed by atoms with E-state index in [0.29, 0.717) is 6.61 Å². The lowest BCUT2D eigenvalue weighted by Crippen LogP contribution is -2.01. The van der Waals surface area contributed by atoms with Gasteiger partial charge in [0, 0.05) is 5.33 Å². The van der Waals surface area contributed by atoms with E-state index in [2.05, 4.69) is 31.9 Å². The summed E-state index contributed by atoms with van der Waals surface area (Å²) in [7, 11) is 0. The van der Waals surface area contributed by atoms with Crippen LogP contribution in [0.1, 0.15) is 23.7 Å². The number of ketones is 1. The molecule has 0 amide bonds. The molecule has 1 atom stereocenters. The van der Waals surface area contributed by atoms with Crippen molar-refractivity contribution in [3.8, 4) is 5.75 Å². The molecule has 0 fully saturated rings. The fraction of sp³-hybridized carbons (Fsp3) is 0.417. The van der Waals surface area contributed by atoms with Crippen LogP contribution in [0.4, 0.5) is 0 Å². The monoisotopic (exact) mass is 348 g/mol. The zero-order valence-corrected chi connectivity index (χ0v) is 12.3. The Morgan fingerprint density at radius 3 is 2.50 bits per heavy atom. The molecule has 0 radical (unpaired) electrons. The summed E-state index contributed by atoms with van der Waals surface area (Å²) in [5, 5.41) is 0.943. The molecule has 0 saturated carbocycles. The molecule has 0 bridgehead atoms. The van der Waals surface area contributed by atoms with Gasteiger partial charge >= 0.3 is 0 Å². The average Bonchev–Trinajstić information content (AvgIpc) is 2.29. The van der Waals surface area contributed by atoms with E-state index in [1.165, 1.54) is 0 Å². The van der Waals surface area contributed by atoms with Crippen LogP contribution in [0.5, 0.6) is 5.75 Å². The second kappa shape index (κ2) is 7.07. The summed E-state index contributed by atoms with van der Waals surface area (Å²) in [6.07, 6.45) is 0.982. The molecule has 16 heavy (non-hydrogen) atoms. The largest absolute Gasteiger partial charge is 0.494 e. The molecule has 0 heterocycles. The van der Waals surface area contributed by atoms with Crippen molar-refractivity contribution in [1.82, 2.24) is 0 Å². The van der Waals surface area contributed by atoms with Gasteiger partial charge in [-0.2, -0.15) is 0 Å². The minimum absolute atomic E-state index is 0.105. The zero-order chi connectivity index (χ0) is 12.0. The van der Waals surface area contributed by atoms with Crippen molar-refractivity contribution in [2.24, 2.45) is 0 Å². The van der Waals surface area contributed by atoms with Crippen molar-refractivity contribution in [3.63, 3.8) is 0 Å². The van der Waals surface area contributed by atoms with Crippen molar-refractivity contribution >= 4 is 37.6 Å². The maximum absolute atomic E-state index is 11.2. The van der Waals surface area contributed by atoms with Crippen LogP contribution in [0.2, 0.25) is 0 Å². The molecule has 1 aromatic rings. The Kier molecular flexibility index (Phi) is 6.06. The van der Waals surface area contributed by atoms with E-state index in [1.54, 1.807) is 6.92 Å². The predicted octanol–water partition coefficient (Wildman–Crippen LogP) is 3.88. The number of ether oxygens (including phenoxy) is 1. The topological polar surface area (TPSA) is 26.3 Å². The summed E-state index contributed by atoms with van der Waals surface area (Å²) in [6.45, 7) is 2.27. The highest BCUT2D eigenvalue weighted by atomic mass is 79.9. The Morgan fingerprint density at radius 1 is 1.38 bits per heavy atom. The van der Waals surface area contributed by atoms with Crippen LogP contribution < -0.4 is 4.74 Å². The highest BCUT2D eigenvalue weighted by molar-refractivity contribution is 9.09. The van der Waals surface area contributed by atoms with Crippen LogP contribution >= 0.6 is 31.9 Å². The highest BCUT2D eigenvalue weighted by Gasteiger charge is 2.11. The van der Waals surface area contributed by atoms with Crippen LogP contribution in [0.25, 0.3) is 0 Å². The lowest BCUT2D eigenvalue weighted by molar-refractivity contribution is -0.116. The second-order valence-electron chi connectivity index (χ2n) is 3.43. The molecule has 0 aliphatic carbocycles. The standard InChI is InChI=1S/C12H14Br2O2/c1-9(15)12(14)10-3-5-11(6-4-10)16-8-2-7-13/h3-6,12H,2,7-8H2,1H3. The molecule has 2 nitrogen and oxygen atoms in total. The number of carbonyl (C=O) groups is 1. The number of Topliss-reactive ketones (excluding diaryl/α,β-unsaturated/α-hetero) is 1. The van der Waals surface area contributed by atoms with E-state index < -0.39 is 0 Å². The van der Waals surface area contributed by atoms with Gasteiger partial charge in [0.2, 0.25) is 0 Å². The number of carbonyl (C=O) groups excluding carboxylic acids is 1. The number of benzene rings is 1. The van der Waals surface area contributed by atoms with Gasteiger partial charge in [-0.15, -0.1) is 0 Å². The van der Waals surface area contributed by atoms with Gasteiger partial charge < -0.3 is 4.74 Å². The summed E-state index contributed by atoms with van der Waals surface area (Å²) in [5.41, 5.74) is 0.959. The zero-order valence-electron chi connectivity index (χ0n) is 9.08. The Hall–Kier alpha value is -0.350. The molecule has 0 aliphatic rings. The molecule has 1 aromatic carbocycles. The van der Waals surface area contributed by atoms with E-state index in [1.807, 2.05) is 24.3 Å². The number of rotatable bonds is 6. The first-order valence-corrected chi connectivity index (χ1v) is 7.12. The highest BCUT2D eigenvalue weighted by Crippen LogP contribution is 2.25. The fourth-order valence-electron chi connectivity index (χ4n) is 1.21. The van der Waals surface area contributed by atoms with Gasteiger partial charge in [0.05, 0.1) is 11.4 Å². The molecular weight excluding hydrogens is 336 g/mol. The van der Waals surface area contributed by atoms with Crippen LogP contribution in [-0.2, 0) is 4.79 Å². The summed E-state index contributed by atoms with van der Waals surface area (Å²) >= 11 is 6.69. The van der Waals surface area contributed by atoms with Crippen molar-refractivity contribution in [3.05, 3.63) is 29.8 Å². The van der Waals surface area contributed by atoms with E-state index in [-0.39, 0.29) is 10.6 Å². The first-order chi connectivity index (χ1) is 7.65. The molecule has 0 aliphatic heterocycles. The van der Waals surface area contributed by atoms with E-state index >= 15 is 0 Å². The Morgan fingerprint density at radius 2 is 2.00 bits per heavy atom.